The molecule has 2 aromatic carbocycles. The molecule has 4 nitrogen and oxygen atoms in total. The first-order valence-corrected chi connectivity index (χ1v) is 7.10. The third kappa shape index (κ3) is 3.30. The zero-order valence-electron chi connectivity index (χ0n) is 12.6. The zero-order chi connectivity index (χ0) is 18.0. The summed E-state index contributed by atoms with van der Waals surface area (Å²) >= 11 is 0. The van der Waals surface area contributed by atoms with Gasteiger partial charge in [-0.2, -0.15) is 0 Å². The van der Waals surface area contributed by atoms with Gasteiger partial charge in [-0.05, 0) is 30.3 Å². The van der Waals surface area contributed by atoms with Gasteiger partial charge in [0, 0.05) is 6.08 Å². The normalized spacial score (nSPS) is 11.2. The van der Waals surface area contributed by atoms with Gasteiger partial charge in [0.2, 0.25) is 5.91 Å². The predicted molar refractivity (Wildman–Crippen MR) is 86.5 cm³/mol. The van der Waals surface area contributed by atoms with E-state index in [1.165, 1.54) is 12.3 Å². The predicted octanol–water partition coefficient (Wildman–Crippen LogP) is 3.86. The first-order chi connectivity index (χ1) is 12.0. The van der Waals surface area contributed by atoms with Crippen LogP contribution in [-0.2, 0) is 4.79 Å². The molecule has 1 N–H and O–H groups in total. The summed E-state index contributed by atoms with van der Waals surface area (Å²) in [6.07, 6.45) is 3.33. The number of carbonyl (C=O) groups excluding carboxylic acids is 1. The molecule has 3 aromatic rings. The molecule has 126 valence electrons. The van der Waals surface area contributed by atoms with Crippen LogP contribution >= 0.6 is 0 Å². The van der Waals surface area contributed by atoms with Gasteiger partial charge in [0.05, 0.1) is 16.6 Å². The van der Waals surface area contributed by atoms with E-state index in [2.05, 4.69) is 5.32 Å². The molecule has 0 saturated heterocycles. The number of fused-ring (bicyclic) bond motifs is 1. The van der Waals surface area contributed by atoms with E-state index >= 15 is 0 Å². The fourth-order valence-electron chi connectivity index (χ4n) is 2.17. The zero-order valence-corrected chi connectivity index (χ0v) is 12.6. The molecule has 0 aliphatic carbocycles. The molecule has 0 atom stereocenters. The quantitative estimate of drug-likeness (QED) is 0.579. The van der Waals surface area contributed by atoms with Crippen molar-refractivity contribution >= 4 is 28.6 Å². The van der Waals surface area contributed by atoms with Gasteiger partial charge in [0.1, 0.15) is 11.8 Å². The van der Waals surface area contributed by atoms with Gasteiger partial charge in [-0.15, -0.1) is 0 Å². The Hall–Kier alpha value is -3.35. The van der Waals surface area contributed by atoms with Gasteiger partial charge >= 0.3 is 0 Å². The molecule has 0 unspecified atom stereocenters. The number of hydrogen-bond acceptors (Lipinski definition) is 3. The molecule has 1 amide bonds. The Labute approximate surface area is 139 Å². The van der Waals surface area contributed by atoms with Crippen molar-refractivity contribution in [3.63, 3.8) is 0 Å². The lowest BCUT2D eigenvalue weighted by atomic mass is 10.1. The SMILES string of the molecule is O=C(/C=C/c1coc2ccccc2c1=O)Nc1ccc(F)c(F)c1F. The molecule has 0 spiro atoms. The maximum atomic E-state index is 13.5. The summed E-state index contributed by atoms with van der Waals surface area (Å²) < 4.78 is 44.8. The van der Waals surface area contributed by atoms with E-state index in [-0.39, 0.29) is 11.0 Å². The standard InChI is InChI=1S/C18H10F3NO3/c19-12-6-7-13(17(21)16(12)20)22-15(23)8-5-10-9-25-14-4-2-1-3-11(14)18(10)24/h1-9H,(H,22,23)/b8-5+. The van der Waals surface area contributed by atoms with Crippen molar-refractivity contribution < 1.29 is 22.4 Å². The van der Waals surface area contributed by atoms with E-state index in [1.54, 1.807) is 24.3 Å². The third-order valence-electron chi connectivity index (χ3n) is 3.41. The molecule has 0 aliphatic heterocycles. The second-order valence-electron chi connectivity index (χ2n) is 5.06. The lowest BCUT2D eigenvalue weighted by molar-refractivity contribution is -0.111. The van der Waals surface area contributed by atoms with Crippen LogP contribution in [0.25, 0.3) is 17.0 Å². The lowest BCUT2D eigenvalue weighted by Gasteiger charge is -2.04. The number of para-hydroxylation sites is 1. The molecule has 1 aromatic heterocycles. The highest BCUT2D eigenvalue weighted by atomic mass is 19.2. The van der Waals surface area contributed by atoms with Crippen molar-refractivity contribution in [2.45, 2.75) is 0 Å². The Morgan fingerprint density at radius 1 is 1.04 bits per heavy atom. The van der Waals surface area contributed by atoms with Crippen LogP contribution in [0.5, 0.6) is 0 Å². The van der Waals surface area contributed by atoms with Gasteiger partial charge in [-0.3, -0.25) is 9.59 Å². The van der Waals surface area contributed by atoms with Crippen LogP contribution in [0.4, 0.5) is 18.9 Å². The van der Waals surface area contributed by atoms with E-state index in [4.69, 9.17) is 4.42 Å². The fraction of sp³-hybridized carbons (Fsp3) is 0. The first kappa shape index (κ1) is 16.5. The van der Waals surface area contributed by atoms with Crippen LogP contribution in [0.2, 0.25) is 0 Å². The monoisotopic (exact) mass is 345 g/mol. The van der Waals surface area contributed by atoms with Crippen LogP contribution in [-0.4, -0.2) is 5.91 Å². The van der Waals surface area contributed by atoms with Crippen molar-refractivity contribution in [1.29, 1.82) is 0 Å². The summed E-state index contributed by atoms with van der Waals surface area (Å²) in [6.45, 7) is 0. The molecular weight excluding hydrogens is 335 g/mol. The molecule has 25 heavy (non-hydrogen) atoms. The van der Waals surface area contributed by atoms with Crippen LogP contribution < -0.4 is 10.7 Å². The highest BCUT2D eigenvalue weighted by Crippen LogP contribution is 2.19. The van der Waals surface area contributed by atoms with Gasteiger partial charge in [-0.1, -0.05) is 12.1 Å². The molecule has 7 heteroatoms. The largest absolute Gasteiger partial charge is 0.463 e. The van der Waals surface area contributed by atoms with Crippen LogP contribution in [0, 0.1) is 17.5 Å². The van der Waals surface area contributed by atoms with E-state index in [0.29, 0.717) is 17.0 Å². The second kappa shape index (κ2) is 6.64. The summed E-state index contributed by atoms with van der Waals surface area (Å²) in [4.78, 5) is 24.0. The van der Waals surface area contributed by atoms with Gasteiger partial charge in [0.25, 0.3) is 0 Å². The van der Waals surface area contributed by atoms with Crippen molar-refractivity contribution in [2.24, 2.45) is 0 Å². The summed E-state index contributed by atoms with van der Waals surface area (Å²) in [7, 11) is 0. The van der Waals surface area contributed by atoms with Gasteiger partial charge in [0.15, 0.2) is 22.9 Å². The maximum absolute atomic E-state index is 13.5. The van der Waals surface area contributed by atoms with Gasteiger partial charge < -0.3 is 9.73 Å². The minimum atomic E-state index is -1.68. The van der Waals surface area contributed by atoms with Crippen molar-refractivity contribution in [1.82, 2.24) is 0 Å². The summed E-state index contributed by atoms with van der Waals surface area (Å²) in [5.41, 5.74) is -0.346. The van der Waals surface area contributed by atoms with Crippen LogP contribution in [0.15, 0.2) is 57.9 Å². The summed E-state index contributed by atoms with van der Waals surface area (Å²) in [5.74, 6) is -5.37. The van der Waals surface area contributed by atoms with E-state index in [9.17, 15) is 22.8 Å². The molecule has 0 aliphatic rings. The Bertz CT molecular complexity index is 1060. The van der Waals surface area contributed by atoms with Crippen LogP contribution in [0.1, 0.15) is 5.56 Å². The molecular formula is C18H10F3NO3. The average molecular weight is 345 g/mol. The number of rotatable bonds is 3. The smallest absolute Gasteiger partial charge is 0.248 e. The Kier molecular flexibility index (Phi) is 4.38. The van der Waals surface area contributed by atoms with E-state index in [0.717, 1.165) is 12.1 Å². The number of nitrogens with one attached hydrogen (secondary N) is 1. The van der Waals surface area contributed by atoms with Crippen molar-refractivity contribution in [3.8, 4) is 0 Å². The highest BCUT2D eigenvalue weighted by Gasteiger charge is 2.14. The maximum Gasteiger partial charge on any atom is 0.248 e. The Balaban J connectivity index is 1.83. The number of halogens is 3. The molecule has 3 rings (SSSR count). The molecule has 0 radical (unpaired) electrons. The minimum absolute atomic E-state index is 0.111. The Morgan fingerprint density at radius 2 is 1.80 bits per heavy atom. The molecule has 0 saturated carbocycles. The first-order valence-electron chi connectivity index (χ1n) is 7.10. The number of carbonyl (C=O) groups is 1. The number of hydrogen-bond donors (Lipinski definition) is 1. The van der Waals surface area contributed by atoms with E-state index < -0.39 is 29.0 Å². The highest BCUT2D eigenvalue weighted by molar-refractivity contribution is 6.02. The van der Waals surface area contributed by atoms with E-state index in [1.807, 2.05) is 0 Å². The number of anilines is 1. The second-order valence-corrected chi connectivity index (χ2v) is 5.06. The van der Waals surface area contributed by atoms with Crippen LogP contribution in [0.3, 0.4) is 0 Å². The molecule has 1 heterocycles. The fourth-order valence-corrected chi connectivity index (χ4v) is 2.17. The van der Waals surface area contributed by atoms with Gasteiger partial charge in [-0.25, -0.2) is 13.2 Å². The minimum Gasteiger partial charge on any atom is -0.463 e. The Morgan fingerprint density at radius 3 is 2.60 bits per heavy atom. The molecule has 0 fully saturated rings. The number of amides is 1. The van der Waals surface area contributed by atoms with Crippen molar-refractivity contribution in [2.75, 3.05) is 5.32 Å². The van der Waals surface area contributed by atoms with Crippen molar-refractivity contribution in [3.05, 3.63) is 82.0 Å². The summed E-state index contributed by atoms with van der Waals surface area (Å²) in [5, 5.41) is 2.41. The number of benzene rings is 2. The average Bonchev–Trinajstić information content (AvgIpc) is 2.62. The summed E-state index contributed by atoms with van der Waals surface area (Å²) in [6, 6.07) is 8.17. The lowest BCUT2D eigenvalue weighted by Crippen LogP contribution is -2.11. The molecule has 0 bridgehead atoms. The third-order valence-corrected chi connectivity index (χ3v) is 3.41. The topological polar surface area (TPSA) is 59.3 Å².